The number of carbonyl (C=O) groups is 2. The molecule has 7 nitrogen and oxygen atoms in total. The summed E-state index contributed by atoms with van der Waals surface area (Å²) >= 11 is 0. The van der Waals surface area contributed by atoms with Crippen molar-refractivity contribution in [2.75, 3.05) is 5.73 Å². The quantitative estimate of drug-likeness (QED) is 0.796. The number of benzene rings is 1. The molecule has 1 aromatic carbocycles. The number of hydrogen-bond donors (Lipinski definition) is 3. The number of hydrogen-bond acceptors (Lipinski definition) is 4. The number of nitrogens with two attached hydrogens (primary N) is 1. The third kappa shape index (κ3) is 5.46. The van der Waals surface area contributed by atoms with Crippen LogP contribution in [0, 0.1) is 12.8 Å². The minimum Gasteiger partial charge on any atom is -0.478 e. The third-order valence-electron chi connectivity index (χ3n) is 3.00. The van der Waals surface area contributed by atoms with Crippen LogP contribution in [0.4, 0.5) is 5.82 Å². The number of anilines is 1. The van der Waals surface area contributed by atoms with Crippen molar-refractivity contribution in [1.82, 2.24) is 9.78 Å². The van der Waals surface area contributed by atoms with Gasteiger partial charge >= 0.3 is 11.9 Å². The first-order chi connectivity index (χ1) is 10.7. The van der Waals surface area contributed by atoms with Crippen LogP contribution in [0.15, 0.2) is 30.5 Å². The molecular weight excluding hydrogens is 298 g/mol. The molecule has 2 rings (SSSR count). The maximum absolute atomic E-state index is 10.6. The zero-order valence-electron chi connectivity index (χ0n) is 13.4. The van der Waals surface area contributed by atoms with Gasteiger partial charge in [-0.05, 0) is 36.6 Å². The maximum Gasteiger partial charge on any atom is 0.335 e. The summed E-state index contributed by atoms with van der Waals surface area (Å²) in [6.45, 7) is 6.80. The number of nitrogens with zero attached hydrogens (tertiary/aromatic N) is 2. The fraction of sp³-hybridized carbons (Fsp3) is 0.312. The van der Waals surface area contributed by atoms with Crippen LogP contribution in [0.2, 0.25) is 0 Å². The van der Waals surface area contributed by atoms with Gasteiger partial charge in [-0.3, -0.25) is 0 Å². The first-order valence-corrected chi connectivity index (χ1v) is 7.07. The van der Waals surface area contributed by atoms with E-state index in [1.807, 2.05) is 10.7 Å². The van der Waals surface area contributed by atoms with Crippen molar-refractivity contribution in [3.05, 3.63) is 47.2 Å². The number of aryl methyl sites for hydroxylation is 1. The Balaban J connectivity index is 0.000000238. The first kappa shape index (κ1) is 18.2. The maximum atomic E-state index is 10.6. The molecule has 0 saturated carbocycles. The van der Waals surface area contributed by atoms with E-state index in [1.165, 1.54) is 12.1 Å². The Morgan fingerprint density at radius 2 is 1.87 bits per heavy atom. The Kier molecular flexibility index (Phi) is 6.32. The molecule has 0 spiro atoms. The van der Waals surface area contributed by atoms with E-state index in [0.717, 1.165) is 18.4 Å². The monoisotopic (exact) mass is 319 g/mol. The van der Waals surface area contributed by atoms with Gasteiger partial charge in [-0.2, -0.15) is 5.10 Å². The summed E-state index contributed by atoms with van der Waals surface area (Å²) in [7, 11) is 0. The van der Waals surface area contributed by atoms with Crippen molar-refractivity contribution in [3.8, 4) is 0 Å². The molecule has 0 radical (unpaired) electrons. The first-order valence-electron chi connectivity index (χ1n) is 7.07. The van der Waals surface area contributed by atoms with E-state index in [2.05, 4.69) is 18.9 Å². The largest absolute Gasteiger partial charge is 0.478 e. The summed E-state index contributed by atoms with van der Waals surface area (Å²) in [6, 6.07) is 5.82. The van der Waals surface area contributed by atoms with Crippen molar-refractivity contribution in [1.29, 1.82) is 0 Å². The number of nitrogen functional groups attached to an aromatic ring is 1. The standard InChI is InChI=1S/C9H8O4.C7H13N3/c1-5-2-3-6(8(10)11)4-7(5)9(12)13;1-6(2)5-10-7(8)3-4-9-10/h2-4H,1H3,(H,10,11)(H,12,13);3-4,6H,5,8H2,1-2H3. The molecule has 2 aromatic rings. The second kappa shape index (κ2) is 7.98. The molecule has 0 bridgehead atoms. The molecular formula is C16H21N3O4. The van der Waals surface area contributed by atoms with Gasteiger partial charge < -0.3 is 15.9 Å². The summed E-state index contributed by atoms with van der Waals surface area (Å²) < 4.78 is 1.81. The van der Waals surface area contributed by atoms with Gasteiger partial charge in [0.15, 0.2) is 0 Å². The van der Waals surface area contributed by atoms with Gasteiger partial charge in [0.05, 0.1) is 17.3 Å². The highest BCUT2D eigenvalue weighted by atomic mass is 16.4. The average Bonchev–Trinajstić information content (AvgIpc) is 2.84. The van der Waals surface area contributed by atoms with E-state index in [4.69, 9.17) is 15.9 Å². The second-order valence-corrected chi connectivity index (χ2v) is 5.47. The molecule has 0 atom stereocenters. The minimum atomic E-state index is -1.12. The Bertz CT molecular complexity index is 692. The predicted octanol–water partition coefficient (Wildman–Crippen LogP) is 2.51. The van der Waals surface area contributed by atoms with Crippen molar-refractivity contribution in [2.24, 2.45) is 5.92 Å². The molecule has 0 aliphatic carbocycles. The lowest BCUT2D eigenvalue weighted by Crippen LogP contribution is -2.08. The Labute approximate surface area is 134 Å². The van der Waals surface area contributed by atoms with E-state index >= 15 is 0 Å². The summed E-state index contributed by atoms with van der Waals surface area (Å²) in [5.41, 5.74) is 6.16. The molecule has 0 amide bonds. The molecule has 7 heteroatoms. The van der Waals surface area contributed by atoms with Crippen molar-refractivity contribution < 1.29 is 19.8 Å². The SMILES string of the molecule is CC(C)Cn1nccc1N.Cc1ccc(C(=O)O)cc1C(=O)O. The van der Waals surface area contributed by atoms with Crippen molar-refractivity contribution >= 4 is 17.8 Å². The van der Waals surface area contributed by atoms with Gasteiger partial charge in [0.25, 0.3) is 0 Å². The van der Waals surface area contributed by atoms with Crippen LogP contribution >= 0.6 is 0 Å². The molecule has 23 heavy (non-hydrogen) atoms. The molecule has 0 saturated heterocycles. The fourth-order valence-corrected chi connectivity index (χ4v) is 1.83. The highest BCUT2D eigenvalue weighted by Gasteiger charge is 2.10. The van der Waals surface area contributed by atoms with E-state index in [0.29, 0.717) is 11.5 Å². The Hall–Kier alpha value is -2.83. The molecule has 1 aromatic heterocycles. The molecule has 1 heterocycles. The van der Waals surface area contributed by atoms with E-state index < -0.39 is 11.9 Å². The normalized spacial score (nSPS) is 10.1. The van der Waals surface area contributed by atoms with Crippen LogP contribution in [-0.4, -0.2) is 31.9 Å². The molecule has 0 unspecified atom stereocenters. The van der Waals surface area contributed by atoms with E-state index in [9.17, 15) is 9.59 Å². The van der Waals surface area contributed by atoms with Crippen LogP contribution in [-0.2, 0) is 6.54 Å². The van der Waals surface area contributed by atoms with Crippen LogP contribution in [0.3, 0.4) is 0 Å². The smallest absolute Gasteiger partial charge is 0.335 e. The van der Waals surface area contributed by atoms with Gasteiger partial charge in [0.1, 0.15) is 5.82 Å². The van der Waals surface area contributed by atoms with Gasteiger partial charge in [-0.25, -0.2) is 14.3 Å². The van der Waals surface area contributed by atoms with Crippen molar-refractivity contribution in [3.63, 3.8) is 0 Å². The molecule has 0 aliphatic rings. The lowest BCUT2D eigenvalue weighted by atomic mass is 10.1. The molecule has 0 aliphatic heterocycles. The fourth-order valence-electron chi connectivity index (χ4n) is 1.83. The number of rotatable bonds is 4. The van der Waals surface area contributed by atoms with Crippen LogP contribution < -0.4 is 5.73 Å². The highest BCUT2D eigenvalue weighted by molar-refractivity contribution is 5.94. The number of aromatic carboxylic acids is 2. The lowest BCUT2D eigenvalue weighted by Gasteiger charge is -2.05. The van der Waals surface area contributed by atoms with Crippen molar-refractivity contribution in [2.45, 2.75) is 27.3 Å². The minimum absolute atomic E-state index is 0.0111. The predicted molar refractivity (Wildman–Crippen MR) is 86.6 cm³/mol. The van der Waals surface area contributed by atoms with Crippen LogP contribution in [0.1, 0.15) is 40.1 Å². The van der Waals surface area contributed by atoms with Crippen LogP contribution in [0.25, 0.3) is 0 Å². The van der Waals surface area contributed by atoms with Gasteiger partial charge in [0.2, 0.25) is 0 Å². The Morgan fingerprint density at radius 1 is 1.22 bits per heavy atom. The number of carboxylic acid groups (broad SMARTS) is 2. The molecule has 0 fully saturated rings. The van der Waals surface area contributed by atoms with E-state index in [1.54, 1.807) is 13.1 Å². The third-order valence-corrected chi connectivity index (χ3v) is 3.00. The zero-order chi connectivity index (χ0) is 17.6. The van der Waals surface area contributed by atoms with Gasteiger partial charge in [0, 0.05) is 6.54 Å². The molecule has 124 valence electrons. The highest BCUT2D eigenvalue weighted by Crippen LogP contribution is 2.11. The van der Waals surface area contributed by atoms with Gasteiger partial charge in [-0.1, -0.05) is 19.9 Å². The second-order valence-electron chi connectivity index (χ2n) is 5.47. The summed E-state index contributed by atoms with van der Waals surface area (Å²) in [5, 5.41) is 21.3. The number of aromatic nitrogens is 2. The zero-order valence-corrected chi connectivity index (χ0v) is 13.4. The van der Waals surface area contributed by atoms with Gasteiger partial charge in [-0.15, -0.1) is 0 Å². The number of carboxylic acids is 2. The molecule has 4 N–H and O–H groups in total. The van der Waals surface area contributed by atoms with E-state index in [-0.39, 0.29) is 11.1 Å². The Morgan fingerprint density at radius 3 is 2.30 bits per heavy atom. The summed E-state index contributed by atoms with van der Waals surface area (Å²) in [5.74, 6) is -0.890. The summed E-state index contributed by atoms with van der Waals surface area (Å²) in [6.07, 6.45) is 1.72. The topological polar surface area (TPSA) is 118 Å². The average molecular weight is 319 g/mol. The summed E-state index contributed by atoms with van der Waals surface area (Å²) in [4.78, 5) is 21.1. The lowest BCUT2D eigenvalue weighted by molar-refractivity contribution is 0.0695. The van der Waals surface area contributed by atoms with Crippen LogP contribution in [0.5, 0.6) is 0 Å².